The first-order valence-corrected chi connectivity index (χ1v) is 13.5. The number of hydrogen-bond donors (Lipinski definition) is 1. The van der Waals surface area contributed by atoms with E-state index in [1.807, 2.05) is 18.2 Å². The maximum atomic E-state index is 13.5. The van der Waals surface area contributed by atoms with Crippen LogP contribution >= 0.6 is 15.9 Å². The van der Waals surface area contributed by atoms with Gasteiger partial charge in [0.25, 0.3) is 5.91 Å². The van der Waals surface area contributed by atoms with Crippen molar-refractivity contribution in [2.45, 2.75) is 18.8 Å². The van der Waals surface area contributed by atoms with Crippen LogP contribution in [0.4, 0.5) is 11.4 Å². The van der Waals surface area contributed by atoms with Crippen LogP contribution in [0.5, 0.6) is 0 Å². The first-order chi connectivity index (χ1) is 18.4. The number of esters is 1. The number of halogens is 1. The highest BCUT2D eigenvalue weighted by Gasteiger charge is 2.64. The first-order valence-electron chi connectivity index (χ1n) is 12.7. The summed E-state index contributed by atoms with van der Waals surface area (Å²) in [5, 5.41) is 2.66. The van der Waals surface area contributed by atoms with Gasteiger partial charge in [-0.3, -0.25) is 19.3 Å². The number of nitrogens with zero attached hydrogens (tertiary/aromatic N) is 1. The van der Waals surface area contributed by atoms with Crippen LogP contribution in [0, 0.1) is 23.7 Å². The highest BCUT2D eigenvalue weighted by atomic mass is 79.9. The van der Waals surface area contributed by atoms with Crippen molar-refractivity contribution < 1.29 is 23.9 Å². The molecule has 5 atom stereocenters. The van der Waals surface area contributed by atoms with Crippen molar-refractivity contribution in [1.82, 2.24) is 0 Å². The van der Waals surface area contributed by atoms with Crippen molar-refractivity contribution in [3.05, 3.63) is 94.5 Å². The molecule has 2 aliphatic carbocycles. The van der Waals surface area contributed by atoms with Gasteiger partial charge in [0.15, 0.2) is 6.61 Å². The second-order valence-electron chi connectivity index (χ2n) is 10.2. The third kappa shape index (κ3) is 4.32. The molecule has 0 unspecified atom stereocenters. The van der Waals surface area contributed by atoms with Crippen molar-refractivity contribution >= 4 is 51.0 Å². The van der Waals surface area contributed by atoms with E-state index in [-0.39, 0.29) is 41.0 Å². The molecule has 6 rings (SSSR count). The summed E-state index contributed by atoms with van der Waals surface area (Å²) < 4.78 is 6.02. The van der Waals surface area contributed by atoms with Gasteiger partial charge in [0.05, 0.1) is 23.1 Å². The van der Waals surface area contributed by atoms with Gasteiger partial charge in [-0.25, -0.2) is 4.79 Å². The molecule has 1 N–H and O–H groups in total. The normalized spacial score (nSPS) is 25.4. The molecule has 38 heavy (non-hydrogen) atoms. The van der Waals surface area contributed by atoms with Crippen LogP contribution in [0.1, 0.15) is 34.7 Å². The number of rotatable bonds is 6. The van der Waals surface area contributed by atoms with Crippen molar-refractivity contribution in [2.24, 2.45) is 23.7 Å². The molecule has 0 aromatic heterocycles. The zero-order chi connectivity index (χ0) is 26.4. The van der Waals surface area contributed by atoms with Crippen LogP contribution in [0.2, 0.25) is 0 Å². The van der Waals surface area contributed by atoms with Crippen LogP contribution in [0.15, 0.2) is 83.3 Å². The van der Waals surface area contributed by atoms with Crippen LogP contribution < -0.4 is 10.2 Å². The number of amides is 3. The van der Waals surface area contributed by atoms with E-state index < -0.39 is 18.5 Å². The lowest BCUT2D eigenvalue weighted by Crippen LogP contribution is -2.33. The minimum atomic E-state index is -0.665. The maximum Gasteiger partial charge on any atom is 0.338 e. The zero-order valence-electron chi connectivity index (χ0n) is 20.4. The number of imide groups is 1. The SMILES string of the molecule is O=C(COC(=O)c1ccc(N2C(=O)[C@@H]3[C@@H]4C[C@@H]([C@H]3C2=O)[C@H](c2ccccc2)C4)cc1)Nc1ccc(Br)cc1. The molecule has 1 heterocycles. The third-order valence-corrected chi connectivity index (χ3v) is 8.60. The number of anilines is 2. The number of nitrogens with one attached hydrogen (secondary N) is 1. The van der Waals surface area contributed by atoms with E-state index >= 15 is 0 Å². The van der Waals surface area contributed by atoms with Crippen LogP contribution in [-0.2, 0) is 19.1 Å². The summed E-state index contributed by atoms with van der Waals surface area (Å²) in [6.07, 6.45) is 1.85. The van der Waals surface area contributed by atoms with Gasteiger partial charge in [0.2, 0.25) is 11.8 Å². The highest BCUT2D eigenvalue weighted by molar-refractivity contribution is 9.10. The second kappa shape index (κ2) is 9.83. The molecular weight excluding hydrogens is 548 g/mol. The molecule has 3 amide bonds. The minimum absolute atomic E-state index is 0.140. The summed E-state index contributed by atoms with van der Waals surface area (Å²) in [4.78, 5) is 52.7. The lowest BCUT2D eigenvalue weighted by Gasteiger charge is -2.28. The molecule has 2 saturated carbocycles. The Hall–Kier alpha value is -3.78. The van der Waals surface area contributed by atoms with Gasteiger partial charge >= 0.3 is 5.97 Å². The molecule has 2 bridgehead atoms. The summed E-state index contributed by atoms with van der Waals surface area (Å²) >= 11 is 3.33. The maximum absolute atomic E-state index is 13.5. The van der Waals surface area contributed by atoms with E-state index in [2.05, 4.69) is 33.4 Å². The van der Waals surface area contributed by atoms with Crippen LogP contribution in [-0.4, -0.2) is 30.3 Å². The molecule has 3 fully saturated rings. The topological polar surface area (TPSA) is 92.8 Å². The third-order valence-electron chi connectivity index (χ3n) is 8.07. The number of ether oxygens (including phenoxy) is 1. The van der Waals surface area contributed by atoms with Crippen LogP contribution in [0.25, 0.3) is 0 Å². The number of carbonyl (C=O) groups is 4. The van der Waals surface area contributed by atoms with Crippen LogP contribution in [0.3, 0.4) is 0 Å². The fraction of sp³-hybridized carbons (Fsp3) is 0.267. The van der Waals surface area contributed by atoms with Gasteiger partial charge in [-0.15, -0.1) is 0 Å². The summed E-state index contributed by atoms with van der Waals surface area (Å²) in [6, 6.07) is 23.5. The minimum Gasteiger partial charge on any atom is -0.452 e. The number of fused-ring (bicyclic) bond motifs is 5. The number of hydrogen-bond acceptors (Lipinski definition) is 5. The number of benzene rings is 3. The van der Waals surface area contributed by atoms with E-state index in [0.29, 0.717) is 17.3 Å². The Balaban J connectivity index is 1.10. The molecule has 1 saturated heterocycles. The van der Waals surface area contributed by atoms with Crippen molar-refractivity contribution in [2.75, 3.05) is 16.8 Å². The predicted molar refractivity (Wildman–Crippen MR) is 144 cm³/mol. The monoisotopic (exact) mass is 572 g/mol. The lowest BCUT2D eigenvalue weighted by molar-refractivity contribution is -0.123. The Morgan fingerprint density at radius 3 is 2.26 bits per heavy atom. The summed E-state index contributed by atoms with van der Waals surface area (Å²) in [6.45, 7) is -0.436. The average Bonchev–Trinajstić information content (AvgIpc) is 3.60. The van der Waals surface area contributed by atoms with E-state index in [1.54, 1.807) is 36.4 Å². The molecular formula is C30H25BrN2O5. The van der Waals surface area contributed by atoms with Gasteiger partial charge < -0.3 is 10.1 Å². The molecule has 0 radical (unpaired) electrons. The van der Waals surface area contributed by atoms with E-state index in [1.165, 1.54) is 22.6 Å². The second-order valence-corrected chi connectivity index (χ2v) is 11.1. The molecule has 8 heteroatoms. The van der Waals surface area contributed by atoms with Crippen molar-refractivity contribution in [1.29, 1.82) is 0 Å². The fourth-order valence-corrected chi connectivity index (χ4v) is 6.75. The Kier molecular flexibility index (Phi) is 6.35. The Morgan fingerprint density at radius 1 is 0.868 bits per heavy atom. The zero-order valence-corrected chi connectivity index (χ0v) is 22.0. The average molecular weight is 573 g/mol. The van der Waals surface area contributed by atoms with Gasteiger partial charge in [-0.1, -0.05) is 46.3 Å². The van der Waals surface area contributed by atoms with Gasteiger partial charge in [-0.2, -0.15) is 0 Å². The van der Waals surface area contributed by atoms with E-state index in [9.17, 15) is 19.2 Å². The molecule has 3 aromatic rings. The van der Waals surface area contributed by atoms with Crippen molar-refractivity contribution in [3.8, 4) is 0 Å². The van der Waals surface area contributed by atoms with Crippen molar-refractivity contribution in [3.63, 3.8) is 0 Å². The fourth-order valence-electron chi connectivity index (χ4n) is 6.49. The van der Waals surface area contributed by atoms with E-state index in [4.69, 9.17) is 4.74 Å². The molecule has 1 aliphatic heterocycles. The van der Waals surface area contributed by atoms with Gasteiger partial charge in [0.1, 0.15) is 0 Å². The molecule has 0 spiro atoms. The smallest absolute Gasteiger partial charge is 0.338 e. The highest BCUT2D eigenvalue weighted by Crippen LogP contribution is 2.61. The Morgan fingerprint density at radius 2 is 1.55 bits per heavy atom. The summed E-state index contributed by atoms with van der Waals surface area (Å²) in [5.41, 5.74) is 2.51. The summed E-state index contributed by atoms with van der Waals surface area (Å²) in [5.74, 6) is -1.27. The largest absolute Gasteiger partial charge is 0.452 e. The van der Waals surface area contributed by atoms with Gasteiger partial charge in [-0.05, 0) is 84.7 Å². The predicted octanol–water partition coefficient (Wildman–Crippen LogP) is 5.17. The quantitative estimate of drug-likeness (QED) is 0.325. The standard InChI is InChI=1S/C30H25BrN2O5/c31-20-8-10-21(11-9-20)32-25(34)16-38-30(37)18-6-12-22(13-7-18)33-28(35)26-19-14-23(17-4-2-1-3-5-17)24(15-19)27(26)29(33)36/h1-13,19,23-24,26-27H,14-16H2,(H,32,34)/t19-,23-,24+,26+,27+/m0/s1. The lowest BCUT2D eigenvalue weighted by atomic mass is 9.73. The number of carbonyl (C=O) groups excluding carboxylic acids is 4. The molecule has 3 aromatic carbocycles. The molecule has 3 aliphatic rings. The Bertz CT molecular complexity index is 1410. The Labute approximate surface area is 228 Å². The summed E-state index contributed by atoms with van der Waals surface area (Å²) in [7, 11) is 0. The first kappa shape index (κ1) is 24.6. The van der Waals surface area contributed by atoms with E-state index in [0.717, 1.165) is 17.3 Å². The van der Waals surface area contributed by atoms with Gasteiger partial charge in [0, 0.05) is 10.2 Å². The molecule has 7 nitrogen and oxygen atoms in total. The molecule has 192 valence electrons.